The van der Waals surface area contributed by atoms with Crippen molar-refractivity contribution in [3.63, 3.8) is 0 Å². The molecule has 0 radical (unpaired) electrons. The monoisotopic (exact) mass is 227 g/mol. The molecule has 2 aromatic rings. The molecule has 0 aliphatic rings. The fourth-order valence-electron chi connectivity index (χ4n) is 1.49. The lowest BCUT2D eigenvalue weighted by Crippen LogP contribution is -1.95. The van der Waals surface area contributed by atoms with E-state index in [1.165, 1.54) is 0 Å². The summed E-state index contributed by atoms with van der Waals surface area (Å²) >= 11 is 0. The Morgan fingerprint density at radius 2 is 2.35 bits per heavy atom. The van der Waals surface area contributed by atoms with E-state index in [0.717, 1.165) is 17.9 Å². The first kappa shape index (κ1) is 11.2. The molecule has 0 unspecified atom stereocenters. The zero-order chi connectivity index (χ0) is 12.1. The Labute approximate surface area is 100 Å². The number of benzene rings is 1. The molecule has 4 nitrogen and oxygen atoms in total. The average Bonchev–Trinajstić information content (AvgIpc) is 2.84. The van der Waals surface area contributed by atoms with Gasteiger partial charge < -0.3 is 4.74 Å². The van der Waals surface area contributed by atoms with Crippen LogP contribution >= 0.6 is 0 Å². The lowest BCUT2D eigenvalue weighted by molar-refractivity contribution is 0.306. The Hall–Kier alpha value is -2.28. The van der Waals surface area contributed by atoms with Crippen molar-refractivity contribution >= 4 is 0 Å². The molecule has 4 heteroatoms. The molecular weight excluding hydrogens is 214 g/mol. The topological polar surface area (TPSA) is 50.8 Å². The second kappa shape index (κ2) is 5.17. The standard InChI is InChI=1S/C13H13N3O/c1-2-16-9-13(8-15-16)17-10-12-5-3-4-11(6-12)7-14/h3-6,8-9H,2,10H2,1H3. The number of nitrogens with zero attached hydrogens (tertiary/aromatic N) is 3. The van der Waals surface area contributed by atoms with Crippen LogP contribution in [0.3, 0.4) is 0 Å². The maximum Gasteiger partial charge on any atom is 0.157 e. The van der Waals surface area contributed by atoms with Gasteiger partial charge in [0.25, 0.3) is 0 Å². The molecule has 2 rings (SSSR count). The predicted molar refractivity (Wildman–Crippen MR) is 63.4 cm³/mol. The second-order valence-electron chi connectivity index (χ2n) is 3.63. The smallest absolute Gasteiger partial charge is 0.157 e. The molecule has 0 saturated heterocycles. The molecule has 0 N–H and O–H groups in total. The maximum absolute atomic E-state index is 8.78. The molecule has 0 aliphatic carbocycles. The summed E-state index contributed by atoms with van der Waals surface area (Å²) in [5.41, 5.74) is 1.63. The van der Waals surface area contributed by atoms with Gasteiger partial charge in [0.1, 0.15) is 6.61 Å². The highest BCUT2D eigenvalue weighted by Gasteiger charge is 2.00. The molecule has 0 spiro atoms. The van der Waals surface area contributed by atoms with Crippen LogP contribution in [0.25, 0.3) is 0 Å². The van der Waals surface area contributed by atoms with E-state index >= 15 is 0 Å². The first-order valence-corrected chi connectivity index (χ1v) is 5.46. The van der Waals surface area contributed by atoms with Gasteiger partial charge in [-0.15, -0.1) is 0 Å². The Kier molecular flexibility index (Phi) is 3.41. The Morgan fingerprint density at radius 1 is 1.47 bits per heavy atom. The van der Waals surface area contributed by atoms with E-state index < -0.39 is 0 Å². The summed E-state index contributed by atoms with van der Waals surface area (Å²) in [5, 5.41) is 12.9. The van der Waals surface area contributed by atoms with Gasteiger partial charge in [0, 0.05) is 6.54 Å². The van der Waals surface area contributed by atoms with Gasteiger partial charge in [-0.25, -0.2) is 0 Å². The van der Waals surface area contributed by atoms with Crippen LogP contribution in [0.5, 0.6) is 5.75 Å². The molecule has 1 aromatic heterocycles. The van der Waals surface area contributed by atoms with Gasteiger partial charge >= 0.3 is 0 Å². The van der Waals surface area contributed by atoms with Gasteiger partial charge in [0.2, 0.25) is 0 Å². The Balaban J connectivity index is 1.99. The number of aryl methyl sites for hydroxylation is 1. The average molecular weight is 227 g/mol. The van der Waals surface area contributed by atoms with Crippen molar-refractivity contribution in [2.45, 2.75) is 20.1 Å². The lowest BCUT2D eigenvalue weighted by atomic mass is 10.1. The van der Waals surface area contributed by atoms with E-state index in [-0.39, 0.29) is 0 Å². The second-order valence-corrected chi connectivity index (χ2v) is 3.63. The first-order chi connectivity index (χ1) is 8.31. The number of rotatable bonds is 4. The van der Waals surface area contributed by atoms with E-state index in [1.807, 2.05) is 31.3 Å². The number of hydrogen-bond acceptors (Lipinski definition) is 3. The molecule has 17 heavy (non-hydrogen) atoms. The van der Waals surface area contributed by atoms with Crippen molar-refractivity contribution in [3.8, 4) is 11.8 Å². The minimum absolute atomic E-state index is 0.449. The molecule has 0 bridgehead atoms. The van der Waals surface area contributed by atoms with Crippen molar-refractivity contribution < 1.29 is 4.74 Å². The third-order valence-electron chi connectivity index (χ3n) is 2.40. The fraction of sp³-hybridized carbons (Fsp3) is 0.231. The molecular formula is C13H13N3O. The maximum atomic E-state index is 8.78. The van der Waals surface area contributed by atoms with Crippen LogP contribution < -0.4 is 4.74 Å². The number of aromatic nitrogens is 2. The molecule has 0 atom stereocenters. The van der Waals surface area contributed by atoms with Gasteiger partial charge in [-0.05, 0) is 24.6 Å². The van der Waals surface area contributed by atoms with Crippen LogP contribution in [0, 0.1) is 11.3 Å². The van der Waals surface area contributed by atoms with Crippen LogP contribution in [-0.2, 0) is 13.2 Å². The van der Waals surface area contributed by atoms with Crippen LogP contribution in [0.4, 0.5) is 0 Å². The molecule has 1 heterocycles. The highest BCUT2D eigenvalue weighted by molar-refractivity contribution is 5.32. The van der Waals surface area contributed by atoms with Crippen LogP contribution in [-0.4, -0.2) is 9.78 Å². The summed E-state index contributed by atoms with van der Waals surface area (Å²) in [4.78, 5) is 0. The SMILES string of the molecule is CCn1cc(OCc2cccc(C#N)c2)cn1. The third kappa shape index (κ3) is 2.85. The van der Waals surface area contributed by atoms with Gasteiger partial charge in [-0.3, -0.25) is 4.68 Å². The summed E-state index contributed by atoms with van der Waals surface area (Å²) in [7, 11) is 0. The minimum atomic E-state index is 0.449. The quantitative estimate of drug-likeness (QED) is 0.805. The molecule has 0 fully saturated rings. The summed E-state index contributed by atoms with van der Waals surface area (Å²) < 4.78 is 7.39. The van der Waals surface area contributed by atoms with E-state index in [9.17, 15) is 0 Å². The molecule has 1 aromatic carbocycles. The van der Waals surface area contributed by atoms with Crippen molar-refractivity contribution in [1.82, 2.24) is 9.78 Å². The van der Waals surface area contributed by atoms with E-state index in [1.54, 1.807) is 16.9 Å². The Bertz CT molecular complexity index is 540. The summed E-state index contributed by atoms with van der Waals surface area (Å²) in [6.07, 6.45) is 3.55. The Morgan fingerprint density at radius 3 is 3.06 bits per heavy atom. The highest BCUT2D eigenvalue weighted by Crippen LogP contribution is 2.12. The van der Waals surface area contributed by atoms with Gasteiger partial charge in [0.15, 0.2) is 5.75 Å². The largest absolute Gasteiger partial charge is 0.486 e. The van der Waals surface area contributed by atoms with Crippen LogP contribution in [0.15, 0.2) is 36.7 Å². The molecule has 86 valence electrons. The summed E-state index contributed by atoms with van der Waals surface area (Å²) in [5.74, 6) is 0.745. The minimum Gasteiger partial charge on any atom is -0.486 e. The van der Waals surface area contributed by atoms with Crippen LogP contribution in [0.1, 0.15) is 18.1 Å². The molecule has 0 aliphatic heterocycles. The van der Waals surface area contributed by atoms with Gasteiger partial charge in [0.05, 0.1) is 24.0 Å². The first-order valence-electron chi connectivity index (χ1n) is 5.46. The summed E-state index contributed by atoms with van der Waals surface area (Å²) in [6.45, 7) is 3.30. The summed E-state index contributed by atoms with van der Waals surface area (Å²) in [6, 6.07) is 9.50. The normalized spacial score (nSPS) is 9.88. The predicted octanol–water partition coefficient (Wildman–Crippen LogP) is 2.35. The van der Waals surface area contributed by atoms with Gasteiger partial charge in [-0.1, -0.05) is 12.1 Å². The number of ether oxygens (including phenoxy) is 1. The lowest BCUT2D eigenvalue weighted by Gasteiger charge is -2.03. The van der Waals surface area contributed by atoms with Gasteiger partial charge in [-0.2, -0.15) is 10.4 Å². The van der Waals surface area contributed by atoms with Crippen molar-refractivity contribution in [2.75, 3.05) is 0 Å². The molecule has 0 saturated carbocycles. The zero-order valence-electron chi connectivity index (χ0n) is 9.63. The van der Waals surface area contributed by atoms with E-state index in [2.05, 4.69) is 11.2 Å². The third-order valence-corrected chi connectivity index (χ3v) is 2.40. The fourth-order valence-corrected chi connectivity index (χ4v) is 1.49. The van der Waals surface area contributed by atoms with Crippen molar-refractivity contribution in [2.24, 2.45) is 0 Å². The number of hydrogen-bond donors (Lipinski definition) is 0. The van der Waals surface area contributed by atoms with E-state index in [0.29, 0.717) is 12.2 Å². The molecule has 0 amide bonds. The van der Waals surface area contributed by atoms with Crippen molar-refractivity contribution in [3.05, 3.63) is 47.8 Å². The van der Waals surface area contributed by atoms with E-state index in [4.69, 9.17) is 10.00 Å². The van der Waals surface area contributed by atoms with Crippen LogP contribution in [0.2, 0.25) is 0 Å². The van der Waals surface area contributed by atoms with Crippen molar-refractivity contribution in [1.29, 1.82) is 5.26 Å². The number of nitriles is 1. The zero-order valence-corrected chi connectivity index (χ0v) is 9.63. The highest BCUT2D eigenvalue weighted by atomic mass is 16.5.